The third-order valence-electron chi connectivity index (χ3n) is 3.34. The molecule has 0 saturated carbocycles. The lowest BCUT2D eigenvalue weighted by atomic mass is 10.0. The first-order valence-corrected chi connectivity index (χ1v) is 6.71. The van der Waals surface area contributed by atoms with E-state index in [4.69, 9.17) is 4.98 Å². The molecule has 0 radical (unpaired) electrons. The zero-order valence-corrected chi connectivity index (χ0v) is 11.7. The molecular weight excluding hydrogens is 244 g/mol. The second kappa shape index (κ2) is 5.25. The van der Waals surface area contributed by atoms with Crippen LogP contribution >= 0.6 is 0 Å². The van der Waals surface area contributed by atoms with Crippen molar-refractivity contribution in [3.8, 4) is 22.5 Å². The van der Waals surface area contributed by atoms with Crippen LogP contribution in [0.25, 0.3) is 22.5 Å². The van der Waals surface area contributed by atoms with Gasteiger partial charge in [-0.2, -0.15) is 0 Å². The molecule has 0 aliphatic carbocycles. The fourth-order valence-electron chi connectivity index (χ4n) is 2.31. The van der Waals surface area contributed by atoms with E-state index in [9.17, 15) is 0 Å². The first-order valence-electron chi connectivity index (χ1n) is 6.71. The maximum Gasteiger partial charge on any atom is 0.0968 e. The summed E-state index contributed by atoms with van der Waals surface area (Å²) in [6.07, 6.45) is 1.83. The Kier molecular flexibility index (Phi) is 3.30. The van der Waals surface area contributed by atoms with Crippen molar-refractivity contribution in [3.05, 3.63) is 72.1 Å². The van der Waals surface area contributed by atoms with Crippen LogP contribution in [-0.4, -0.2) is 9.97 Å². The van der Waals surface area contributed by atoms with Crippen molar-refractivity contribution in [2.24, 2.45) is 0 Å². The second-order valence-electron chi connectivity index (χ2n) is 4.89. The number of rotatable bonds is 2. The summed E-state index contributed by atoms with van der Waals surface area (Å²) in [5.41, 5.74) is 6.27. The van der Waals surface area contributed by atoms with Gasteiger partial charge in [0.2, 0.25) is 0 Å². The summed E-state index contributed by atoms with van der Waals surface area (Å²) in [4.78, 5) is 9.32. The van der Waals surface area contributed by atoms with Gasteiger partial charge in [-0.25, -0.2) is 4.98 Å². The van der Waals surface area contributed by atoms with E-state index < -0.39 is 0 Å². The van der Waals surface area contributed by atoms with Gasteiger partial charge in [-0.1, -0.05) is 54.6 Å². The van der Waals surface area contributed by atoms with Crippen molar-refractivity contribution in [2.45, 2.75) is 13.8 Å². The summed E-state index contributed by atoms with van der Waals surface area (Å²) in [5, 5.41) is 0. The zero-order valence-electron chi connectivity index (χ0n) is 11.7. The minimum absolute atomic E-state index is 0.932. The average Bonchev–Trinajstić information content (AvgIpc) is 2.49. The highest BCUT2D eigenvalue weighted by Gasteiger charge is 2.12. The van der Waals surface area contributed by atoms with E-state index in [1.165, 1.54) is 5.56 Å². The zero-order chi connectivity index (χ0) is 13.9. The van der Waals surface area contributed by atoms with E-state index in [1.54, 1.807) is 0 Å². The molecule has 0 unspecified atom stereocenters. The molecular formula is C18H16N2. The Labute approximate surface area is 119 Å². The van der Waals surface area contributed by atoms with Crippen LogP contribution in [0.1, 0.15) is 11.3 Å². The summed E-state index contributed by atoms with van der Waals surface area (Å²) in [6, 6.07) is 18.5. The Hall–Kier alpha value is -2.48. The van der Waals surface area contributed by atoms with Crippen LogP contribution < -0.4 is 0 Å². The Balaban J connectivity index is 2.25. The molecule has 0 spiro atoms. The highest BCUT2D eigenvalue weighted by molar-refractivity contribution is 5.79. The predicted octanol–water partition coefficient (Wildman–Crippen LogP) is 4.43. The first-order chi connectivity index (χ1) is 9.75. The molecule has 2 nitrogen and oxygen atoms in total. The van der Waals surface area contributed by atoms with Gasteiger partial charge in [0.15, 0.2) is 0 Å². The summed E-state index contributed by atoms with van der Waals surface area (Å²) in [5.74, 6) is 0. The molecule has 98 valence electrons. The van der Waals surface area contributed by atoms with Gasteiger partial charge in [0.25, 0.3) is 0 Å². The molecule has 0 atom stereocenters. The van der Waals surface area contributed by atoms with Crippen molar-refractivity contribution in [3.63, 3.8) is 0 Å². The van der Waals surface area contributed by atoms with Crippen LogP contribution in [0.4, 0.5) is 0 Å². The molecule has 0 amide bonds. The minimum Gasteiger partial charge on any atom is -0.252 e. The lowest BCUT2D eigenvalue weighted by molar-refractivity contribution is 1.12. The van der Waals surface area contributed by atoms with Gasteiger partial charge in [-0.05, 0) is 19.4 Å². The van der Waals surface area contributed by atoms with Gasteiger partial charge in [-0.15, -0.1) is 0 Å². The van der Waals surface area contributed by atoms with E-state index in [2.05, 4.69) is 36.2 Å². The molecule has 0 aliphatic heterocycles. The van der Waals surface area contributed by atoms with Crippen molar-refractivity contribution in [1.82, 2.24) is 9.97 Å². The number of nitrogens with zero attached hydrogens (tertiary/aromatic N) is 2. The monoisotopic (exact) mass is 260 g/mol. The van der Waals surface area contributed by atoms with Crippen LogP contribution in [0.2, 0.25) is 0 Å². The molecule has 0 aliphatic rings. The Morgan fingerprint density at radius 3 is 2.20 bits per heavy atom. The summed E-state index contributed by atoms with van der Waals surface area (Å²) in [6.45, 7) is 4.08. The van der Waals surface area contributed by atoms with Crippen molar-refractivity contribution < 1.29 is 0 Å². The van der Waals surface area contributed by atoms with Crippen LogP contribution in [0.15, 0.2) is 60.8 Å². The highest BCUT2D eigenvalue weighted by Crippen LogP contribution is 2.30. The van der Waals surface area contributed by atoms with E-state index in [-0.39, 0.29) is 0 Å². The summed E-state index contributed by atoms with van der Waals surface area (Å²) < 4.78 is 0. The Morgan fingerprint density at radius 1 is 0.750 bits per heavy atom. The van der Waals surface area contributed by atoms with Crippen LogP contribution in [0, 0.1) is 13.8 Å². The molecule has 0 N–H and O–H groups in total. The molecule has 0 bridgehead atoms. The van der Waals surface area contributed by atoms with Crippen LogP contribution in [-0.2, 0) is 0 Å². The highest BCUT2D eigenvalue weighted by atomic mass is 14.8. The van der Waals surface area contributed by atoms with Gasteiger partial charge in [-0.3, -0.25) is 4.98 Å². The number of aryl methyl sites for hydroxylation is 2. The largest absolute Gasteiger partial charge is 0.252 e. The maximum atomic E-state index is 4.70. The quantitative estimate of drug-likeness (QED) is 0.681. The van der Waals surface area contributed by atoms with E-state index in [0.29, 0.717) is 0 Å². The number of benzene rings is 2. The number of hydrogen-bond donors (Lipinski definition) is 0. The normalized spacial score (nSPS) is 10.5. The van der Waals surface area contributed by atoms with Gasteiger partial charge in [0.05, 0.1) is 17.1 Å². The average molecular weight is 260 g/mol. The van der Waals surface area contributed by atoms with Gasteiger partial charge in [0.1, 0.15) is 0 Å². The Bertz CT molecular complexity index is 733. The molecule has 1 heterocycles. The molecule has 2 heteroatoms. The van der Waals surface area contributed by atoms with Crippen molar-refractivity contribution in [2.75, 3.05) is 0 Å². The third kappa shape index (κ3) is 2.32. The van der Waals surface area contributed by atoms with Crippen molar-refractivity contribution >= 4 is 0 Å². The number of hydrogen-bond acceptors (Lipinski definition) is 2. The summed E-state index contributed by atoms with van der Waals surface area (Å²) >= 11 is 0. The number of aromatic nitrogens is 2. The molecule has 3 rings (SSSR count). The second-order valence-corrected chi connectivity index (χ2v) is 4.89. The van der Waals surface area contributed by atoms with Gasteiger partial charge < -0.3 is 0 Å². The smallest absolute Gasteiger partial charge is 0.0968 e. The van der Waals surface area contributed by atoms with Gasteiger partial charge >= 0.3 is 0 Å². The first kappa shape index (κ1) is 12.5. The summed E-state index contributed by atoms with van der Waals surface area (Å²) in [7, 11) is 0. The molecule has 3 aromatic rings. The molecule has 0 fully saturated rings. The predicted molar refractivity (Wildman–Crippen MR) is 82.4 cm³/mol. The molecule has 20 heavy (non-hydrogen) atoms. The fourth-order valence-corrected chi connectivity index (χ4v) is 2.31. The topological polar surface area (TPSA) is 25.8 Å². The van der Waals surface area contributed by atoms with E-state index in [1.807, 2.05) is 43.5 Å². The lowest BCUT2D eigenvalue weighted by Crippen LogP contribution is -1.96. The molecule has 2 aromatic carbocycles. The lowest BCUT2D eigenvalue weighted by Gasteiger charge is -2.11. The van der Waals surface area contributed by atoms with E-state index >= 15 is 0 Å². The molecule has 1 aromatic heterocycles. The SMILES string of the molecule is Cc1cnc(-c2ccccc2C)c(-c2ccccc2)n1. The maximum absolute atomic E-state index is 4.70. The fraction of sp³-hybridized carbons (Fsp3) is 0.111. The van der Waals surface area contributed by atoms with Gasteiger partial charge in [0, 0.05) is 17.3 Å². The Morgan fingerprint density at radius 2 is 1.45 bits per heavy atom. The van der Waals surface area contributed by atoms with Crippen LogP contribution in [0.3, 0.4) is 0 Å². The minimum atomic E-state index is 0.932. The van der Waals surface area contributed by atoms with Crippen LogP contribution in [0.5, 0.6) is 0 Å². The van der Waals surface area contributed by atoms with Crippen molar-refractivity contribution in [1.29, 1.82) is 0 Å². The third-order valence-corrected chi connectivity index (χ3v) is 3.34. The van der Waals surface area contributed by atoms with E-state index in [0.717, 1.165) is 28.2 Å². The standard InChI is InChI=1S/C18H16N2/c1-13-8-6-7-11-16(13)18-17(20-14(2)12-19-18)15-9-4-3-5-10-15/h3-12H,1-2H3. The molecule has 0 saturated heterocycles.